The zero-order valence-corrected chi connectivity index (χ0v) is 13.6. The first kappa shape index (κ1) is 15.9. The summed E-state index contributed by atoms with van der Waals surface area (Å²) in [4.78, 5) is 21.0. The minimum absolute atomic E-state index is 0.0468. The molecule has 2 aromatic heterocycles. The quantitative estimate of drug-likeness (QED) is 0.884. The molecule has 2 heterocycles. The van der Waals surface area contributed by atoms with Crippen molar-refractivity contribution in [2.75, 3.05) is 13.2 Å². The SMILES string of the molecule is Cn1cnc2cc(C(=O)NCC3(CCO)CCCCC3)cnc21. The van der Waals surface area contributed by atoms with E-state index in [0.717, 1.165) is 30.4 Å². The van der Waals surface area contributed by atoms with Gasteiger partial charge in [0.05, 0.1) is 11.9 Å². The van der Waals surface area contributed by atoms with Crippen LogP contribution in [0, 0.1) is 5.41 Å². The molecule has 0 saturated heterocycles. The monoisotopic (exact) mass is 316 g/mol. The van der Waals surface area contributed by atoms with Gasteiger partial charge in [-0.15, -0.1) is 0 Å². The average molecular weight is 316 g/mol. The number of carbonyl (C=O) groups excluding carboxylic acids is 1. The number of nitrogens with zero attached hydrogens (tertiary/aromatic N) is 3. The highest BCUT2D eigenvalue weighted by molar-refractivity contribution is 5.96. The molecular formula is C17H24N4O2. The Morgan fingerprint density at radius 3 is 2.87 bits per heavy atom. The van der Waals surface area contributed by atoms with Crippen molar-refractivity contribution >= 4 is 17.1 Å². The third-order valence-corrected chi connectivity index (χ3v) is 4.99. The second-order valence-corrected chi connectivity index (χ2v) is 6.64. The molecule has 6 heteroatoms. The average Bonchev–Trinajstić information content (AvgIpc) is 2.94. The molecule has 124 valence electrons. The number of carbonyl (C=O) groups is 1. The minimum atomic E-state index is -0.118. The van der Waals surface area contributed by atoms with Gasteiger partial charge >= 0.3 is 0 Å². The first-order valence-electron chi connectivity index (χ1n) is 8.30. The molecule has 1 amide bonds. The maximum absolute atomic E-state index is 12.4. The number of aromatic nitrogens is 3. The minimum Gasteiger partial charge on any atom is -0.396 e. The van der Waals surface area contributed by atoms with Crippen molar-refractivity contribution in [3.8, 4) is 0 Å². The number of aliphatic hydroxyl groups excluding tert-OH is 1. The lowest BCUT2D eigenvalue weighted by molar-refractivity contribution is 0.0869. The van der Waals surface area contributed by atoms with E-state index in [-0.39, 0.29) is 17.9 Å². The van der Waals surface area contributed by atoms with Crippen molar-refractivity contribution in [2.24, 2.45) is 12.5 Å². The zero-order chi connectivity index (χ0) is 16.3. The number of rotatable bonds is 5. The topological polar surface area (TPSA) is 80.0 Å². The molecule has 0 aliphatic heterocycles. The fraction of sp³-hybridized carbons (Fsp3) is 0.588. The fourth-order valence-corrected chi connectivity index (χ4v) is 3.56. The predicted octanol–water partition coefficient (Wildman–Crippen LogP) is 2.03. The second-order valence-electron chi connectivity index (χ2n) is 6.64. The van der Waals surface area contributed by atoms with E-state index in [2.05, 4.69) is 15.3 Å². The Bertz CT molecular complexity index is 683. The highest BCUT2D eigenvalue weighted by Crippen LogP contribution is 2.38. The Morgan fingerprint density at radius 1 is 1.35 bits per heavy atom. The molecular weight excluding hydrogens is 292 g/mol. The lowest BCUT2D eigenvalue weighted by Crippen LogP contribution is -2.39. The summed E-state index contributed by atoms with van der Waals surface area (Å²) in [5.41, 5.74) is 2.07. The van der Waals surface area contributed by atoms with Crippen LogP contribution in [0.4, 0.5) is 0 Å². The number of amides is 1. The Morgan fingerprint density at radius 2 is 2.13 bits per heavy atom. The van der Waals surface area contributed by atoms with Gasteiger partial charge in [0.25, 0.3) is 5.91 Å². The molecule has 23 heavy (non-hydrogen) atoms. The van der Waals surface area contributed by atoms with E-state index in [1.165, 1.54) is 19.3 Å². The van der Waals surface area contributed by atoms with E-state index >= 15 is 0 Å². The van der Waals surface area contributed by atoms with Gasteiger partial charge < -0.3 is 15.0 Å². The van der Waals surface area contributed by atoms with Crippen LogP contribution in [0.15, 0.2) is 18.6 Å². The maximum atomic E-state index is 12.4. The van der Waals surface area contributed by atoms with E-state index in [1.54, 1.807) is 18.6 Å². The molecule has 6 nitrogen and oxygen atoms in total. The van der Waals surface area contributed by atoms with Gasteiger partial charge in [0.15, 0.2) is 5.65 Å². The normalized spacial score (nSPS) is 17.3. The van der Waals surface area contributed by atoms with Crippen LogP contribution in [0.5, 0.6) is 0 Å². The summed E-state index contributed by atoms with van der Waals surface area (Å²) >= 11 is 0. The van der Waals surface area contributed by atoms with Gasteiger partial charge in [-0.2, -0.15) is 0 Å². The molecule has 3 rings (SSSR count). The standard InChI is InChI=1S/C17H24N4O2/c1-21-12-20-14-9-13(10-18-15(14)21)16(23)19-11-17(7-8-22)5-3-2-4-6-17/h9-10,12,22H,2-8,11H2,1H3,(H,19,23). The smallest absolute Gasteiger partial charge is 0.252 e. The number of imidazole rings is 1. The largest absolute Gasteiger partial charge is 0.396 e. The van der Waals surface area contributed by atoms with Crippen molar-refractivity contribution in [3.05, 3.63) is 24.2 Å². The third-order valence-electron chi connectivity index (χ3n) is 4.99. The van der Waals surface area contributed by atoms with Crippen molar-refractivity contribution in [3.63, 3.8) is 0 Å². The number of pyridine rings is 1. The lowest BCUT2D eigenvalue weighted by Gasteiger charge is -2.37. The van der Waals surface area contributed by atoms with Crippen LogP contribution in [-0.2, 0) is 7.05 Å². The van der Waals surface area contributed by atoms with Crippen LogP contribution in [0.25, 0.3) is 11.2 Å². The van der Waals surface area contributed by atoms with Crippen molar-refractivity contribution in [2.45, 2.75) is 38.5 Å². The van der Waals surface area contributed by atoms with Gasteiger partial charge in [-0.05, 0) is 30.7 Å². The van der Waals surface area contributed by atoms with Crippen molar-refractivity contribution in [1.82, 2.24) is 19.9 Å². The van der Waals surface area contributed by atoms with Crippen LogP contribution >= 0.6 is 0 Å². The number of aliphatic hydroxyl groups is 1. The molecule has 1 aliphatic carbocycles. The van der Waals surface area contributed by atoms with Crippen LogP contribution in [0.1, 0.15) is 48.9 Å². The summed E-state index contributed by atoms with van der Waals surface area (Å²) in [6.45, 7) is 0.796. The predicted molar refractivity (Wildman–Crippen MR) is 88.1 cm³/mol. The summed E-state index contributed by atoms with van der Waals surface area (Å²) in [6, 6.07) is 1.78. The number of hydrogen-bond donors (Lipinski definition) is 2. The summed E-state index contributed by atoms with van der Waals surface area (Å²) < 4.78 is 1.83. The van der Waals surface area contributed by atoms with E-state index in [1.807, 2.05) is 11.6 Å². The summed E-state index contributed by atoms with van der Waals surface area (Å²) in [7, 11) is 1.88. The van der Waals surface area contributed by atoms with Gasteiger partial charge in [-0.1, -0.05) is 19.3 Å². The maximum Gasteiger partial charge on any atom is 0.252 e. The molecule has 0 atom stereocenters. The molecule has 0 bridgehead atoms. The molecule has 1 aliphatic rings. The highest BCUT2D eigenvalue weighted by atomic mass is 16.3. The Kier molecular flexibility index (Phi) is 4.61. The van der Waals surface area contributed by atoms with Gasteiger partial charge in [-0.25, -0.2) is 9.97 Å². The van der Waals surface area contributed by atoms with Gasteiger partial charge in [0.2, 0.25) is 0 Å². The zero-order valence-electron chi connectivity index (χ0n) is 13.6. The molecule has 2 aromatic rings. The molecule has 1 saturated carbocycles. The Labute approximate surface area is 135 Å². The molecule has 0 unspecified atom stereocenters. The third kappa shape index (κ3) is 3.37. The molecule has 1 fully saturated rings. The number of aryl methyl sites for hydroxylation is 1. The molecule has 2 N–H and O–H groups in total. The van der Waals surface area contributed by atoms with Crippen LogP contribution < -0.4 is 5.32 Å². The fourth-order valence-electron chi connectivity index (χ4n) is 3.56. The Hall–Kier alpha value is -1.95. The molecule has 0 spiro atoms. The molecule has 0 radical (unpaired) electrons. The van der Waals surface area contributed by atoms with Crippen molar-refractivity contribution < 1.29 is 9.90 Å². The van der Waals surface area contributed by atoms with Gasteiger partial charge in [-0.3, -0.25) is 4.79 Å². The first-order chi connectivity index (χ1) is 11.1. The Balaban J connectivity index is 1.69. The van der Waals surface area contributed by atoms with Gasteiger partial charge in [0.1, 0.15) is 5.52 Å². The summed E-state index contributed by atoms with van der Waals surface area (Å²) in [5, 5.41) is 12.4. The highest BCUT2D eigenvalue weighted by Gasteiger charge is 2.31. The number of hydrogen-bond acceptors (Lipinski definition) is 4. The number of nitrogens with one attached hydrogen (secondary N) is 1. The first-order valence-corrected chi connectivity index (χ1v) is 8.30. The van der Waals surface area contributed by atoms with E-state index in [0.29, 0.717) is 12.1 Å². The number of fused-ring (bicyclic) bond motifs is 1. The van der Waals surface area contributed by atoms with E-state index in [9.17, 15) is 9.90 Å². The van der Waals surface area contributed by atoms with Gasteiger partial charge in [0, 0.05) is 26.4 Å². The lowest BCUT2D eigenvalue weighted by atomic mass is 9.72. The second kappa shape index (κ2) is 6.66. The molecule has 0 aromatic carbocycles. The van der Waals surface area contributed by atoms with Crippen LogP contribution in [0.2, 0.25) is 0 Å². The van der Waals surface area contributed by atoms with Crippen LogP contribution in [0.3, 0.4) is 0 Å². The van der Waals surface area contributed by atoms with E-state index in [4.69, 9.17) is 0 Å². The van der Waals surface area contributed by atoms with Crippen LogP contribution in [-0.4, -0.2) is 38.7 Å². The van der Waals surface area contributed by atoms with Crippen molar-refractivity contribution in [1.29, 1.82) is 0 Å². The summed E-state index contributed by atoms with van der Waals surface area (Å²) in [6.07, 6.45) is 9.80. The van der Waals surface area contributed by atoms with E-state index < -0.39 is 0 Å². The summed E-state index contributed by atoms with van der Waals surface area (Å²) in [5.74, 6) is -0.118.